The highest BCUT2D eigenvalue weighted by Gasteiger charge is 2.05. The zero-order valence-corrected chi connectivity index (χ0v) is 10.8. The minimum atomic E-state index is 0.321. The van der Waals surface area contributed by atoms with Crippen LogP contribution in [0.1, 0.15) is 11.4 Å². The van der Waals surface area contributed by atoms with E-state index in [-0.39, 0.29) is 0 Å². The summed E-state index contributed by atoms with van der Waals surface area (Å²) in [6.07, 6.45) is 3.57. The van der Waals surface area contributed by atoms with E-state index in [0.717, 1.165) is 11.0 Å². The predicted octanol–water partition coefficient (Wildman–Crippen LogP) is 2.33. The van der Waals surface area contributed by atoms with E-state index in [2.05, 4.69) is 20.9 Å². The maximum absolute atomic E-state index is 5.58. The molecule has 0 atom stereocenters. The first-order valence-electron chi connectivity index (χ1n) is 4.72. The van der Waals surface area contributed by atoms with Gasteiger partial charge in [0.05, 0.1) is 0 Å². The third-order valence-corrected chi connectivity index (χ3v) is 2.91. The molecule has 3 nitrogen and oxygen atoms in total. The number of hydrogen-bond acceptors (Lipinski definition) is 2. The Morgan fingerprint density at radius 1 is 1.38 bits per heavy atom. The van der Waals surface area contributed by atoms with Gasteiger partial charge in [-0.3, -0.25) is 0 Å². The van der Waals surface area contributed by atoms with Gasteiger partial charge in [-0.05, 0) is 17.7 Å². The average molecular weight is 296 g/mol. The summed E-state index contributed by atoms with van der Waals surface area (Å²) in [6.45, 7) is 0.722. The van der Waals surface area contributed by atoms with Crippen molar-refractivity contribution in [1.29, 1.82) is 0 Å². The van der Waals surface area contributed by atoms with E-state index in [4.69, 9.17) is 18.0 Å². The van der Waals surface area contributed by atoms with Gasteiger partial charge in [0.1, 0.15) is 4.99 Å². The van der Waals surface area contributed by atoms with Crippen molar-refractivity contribution in [3.05, 3.63) is 52.5 Å². The summed E-state index contributed by atoms with van der Waals surface area (Å²) in [7, 11) is 0. The molecule has 0 unspecified atom stereocenters. The van der Waals surface area contributed by atoms with Crippen molar-refractivity contribution in [3.8, 4) is 0 Å². The fourth-order valence-electron chi connectivity index (χ4n) is 1.45. The summed E-state index contributed by atoms with van der Waals surface area (Å²) < 4.78 is 3.00. The van der Waals surface area contributed by atoms with Crippen molar-refractivity contribution in [3.63, 3.8) is 0 Å². The first-order valence-corrected chi connectivity index (χ1v) is 5.92. The topological polar surface area (TPSA) is 43.8 Å². The molecule has 0 aliphatic carbocycles. The molecule has 2 rings (SSSR count). The smallest absolute Gasteiger partial charge is 0.167 e. The second-order valence-electron chi connectivity index (χ2n) is 3.37. The van der Waals surface area contributed by atoms with Crippen LogP contribution in [0.2, 0.25) is 0 Å². The molecule has 1 heterocycles. The Labute approximate surface area is 107 Å². The van der Waals surface area contributed by atoms with Gasteiger partial charge < -0.3 is 10.3 Å². The van der Waals surface area contributed by atoms with E-state index in [0.29, 0.717) is 10.8 Å². The third kappa shape index (κ3) is 2.48. The van der Waals surface area contributed by atoms with Gasteiger partial charge in [0.2, 0.25) is 0 Å². The SMILES string of the molecule is NC(=S)c1nccn1Cc1ccc(Br)cc1. The van der Waals surface area contributed by atoms with Gasteiger partial charge in [0.25, 0.3) is 0 Å². The Balaban J connectivity index is 2.23. The fourth-order valence-corrected chi connectivity index (χ4v) is 1.88. The van der Waals surface area contributed by atoms with Crippen molar-refractivity contribution < 1.29 is 0 Å². The highest BCUT2D eigenvalue weighted by molar-refractivity contribution is 9.10. The lowest BCUT2D eigenvalue weighted by atomic mass is 10.2. The zero-order chi connectivity index (χ0) is 11.5. The molecule has 5 heteroatoms. The van der Waals surface area contributed by atoms with Crippen LogP contribution in [0.25, 0.3) is 0 Å². The normalized spacial score (nSPS) is 10.3. The van der Waals surface area contributed by atoms with Crippen LogP contribution in [-0.4, -0.2) is 14.5 Å². The molecule has 0 fully saturated rings. The molecule has 16 heavy (non-hydrogen) atoms. The molecule has 2 N–H and O–H groups in total. The van der Waals surface area contributed by atoms with Gasteiger partial charge in [0.15, 0.2) is 5.82 Å². The number of hydrogen-bond donors (Lipinski definition) is 1. The van der Waals surface area contributed by atoms with Crippen LogP contribution in [0.15, 0.2) is 41.1 Å². The maximum Gasteiger partial charge on any atom is 0.167 e. The molecule has 2 aromatic rings. The highest BCUT2D eigenvalue weighted by atomic mass is 79.9. The van der Waals surface area contributed by atoms with Crippen molar-refractivity contribution in [2.75, 3.05) is 0 Å². The van der Waals surface area contributed by atoms with E-state index < -0.39 is 0 Å². The molecule has 1 aromatic carbocycles. The van der Waals surface area contributed by atoms with E-state index in [1.165, 1.54) is 5.56 Å². The van der Waals surface area contributed by atoms with Crippen LogP contribution in [0, 0.1) is 0 Å². The second kappa shape index (κ2) is 4.76. The number of halogens is 1. The van der Waals surface area contributed by atoms with Crippen LogP contribution >= 0.6 is 28.1 Å². The van der Waals surface area contributed by atoms with E-state index >= 15 is 0 Å². The van der Waals surface area contributed by atoms with Crippen LogP contribution in [0.3, 0.4) is 0 Å². The third-order valence-electron chi connectivity index (χ3n) is 2.20. The number of nitrogens with two attached hydrogens (primary N) is 1. The summed E-state index contributed by atoms with van der Waals surface area (Å²) in [6, 6.07) is 8.11. The summed E-state index contributed by atoms with van der Waals surface area (Å²) in [5.74, 6) is 0.651. The number of benzene rings is 1. The summed E-state index contributed by atoms with van der Waals surface area (Å²) in [5, 5.41) is 0. The quantitative estimate of drug-likeness (QED) is 0.884. The number of imidazole rings is 1. The lowest BCUT2D eigenvalue weighted by Crippen LogP contribution is -2.17. The Hall–Kier alpha value is -1.20. The second-order valence-corrected chi connectivity index (χ2v) is 4.72. The number of rotatable bonds is 3. The molecular weight excluding hydrogens is 286 g/mol. The Bertz CT molecular complexity index is 504. The minimum Gasteiger partial charge on any atom is -0.387 e. The molecule has 0 spiro atoms. The van der Waals surface area contributed by atoms with E-state index in [9.17, 15) is 0 Å². The van der Waals surface area contributed by atoms with Crippen molar-refractivity contribution in [2.45, 2.75) is 6.54 Å². The van der Waals surface area contributed by atoms with Crippen molar-refractivity contribution in [2.24, 2.45) is 5.73 Å². The van der Waals surface area contributed by atoms with Gasteiger partial charge >= 0.3 is 0 Å². The van der Waals surface area contributed by atoms with Crippen molar-refractivity contribution >= 4 is 33.1 Å². The Kier molecular flexibility index (Phi) is 3.36. The maximum atomic E-state index is 5.58. The molecule has 0 aliphatic heterocycles. The molecule has 0 amide bonds. The van der Waals surface area contributed by atoms with Crippen LogP contribution in [0.5, 0.6) is 0 Å². The number of aromatic nitrogens is 2. The summed E-state index contributed by atoms with van der Waals surface area (Å²) in [5.41, 5.74) is 6.76. The van der Waals surface area contributed by atoms with Gasteiger partial charge in [-0.25, -0.2) is 4.98 Å². The van der Waals surface area contributed by atoms with Crippen LogP contribution in [-0.2, 0) is 6.54 Å². The van der Waals surface area contributed by atoms with E-state index in [1.54, 1.807) is 6.20 Å². The molecule has 1 aromatic heterocycles. The Morgan fingerprint density at radius 2 is 2.06 bits per heavy atom. The largest absolute Gasteiger partial charge is 0.387 e. The summed E-state index contributed by atoms with van der Waals surface area (Å²) in [4.78, 5) is 4.44. The average Bonchev–Trinajstić information content (AvgIpc) is 2.69. The zero-order valence-electron chi connectivity index (χ0n) is 8.43. The lowest BCUT2D eigenvalue weighted by Gasteiger charge is -2.06. The highest BCUT2D eigenvalue weighted by Crippen LogP contribution is 2.12. The number of thiocarbonyl (C=S) groups is 1. The fraction of sp³-hybridized carbons (Fsp3) is 0.0909. The molecule has 0 aliphatic rings. The lowest BCUT2D eigenvalue weighted by molar-refractivity contribution is 0.788. The summed E-state index contributed by atoms with van der Waals surface area (Å²) >= 11 is 8.33. The molecule has 0 radical (unpaired) electrons. The van der Waals surface area contributed by atoms with Crippen molar-refractivity contribution in [1.82, 2.24) is 9.55 Å². The van der Waals surface area contributed by atoms with Crippen LogP contribution < -0.4 is 5.73 Å². The molecule has 82 valence electrons. The molecule has 0 saturated heterocycles. The molecule has 0 saturated carbocycles. The predicted molar refractivity (Wildman–Crippen MR) is 71.4 cm³/mol. The van der Waals surface area contributed by atoms with Gasteiger partial charge in [0, 0.05) is 23.4 Å². The minimum absolute atomic E-state index is 0.321. The number of nitrogens with zero attached hydrogens (tertiary/aromatic N) is 2. The van der Waals surface area contributed by atoms with Gasteiger partial charge in [-0.1, -0.05) is 40.3 Å². The van der Waals surface area contributed by atoms with E-state index in [1.807, 2.05) is 35.0 Å². The first-order chi connectivity index (χ1) is 7.66. The standard InChI is InChI=1S/C11H10BrN3S/c12-9-3-1-8(2-4-9)7-15-6-5-14-11(15)10(13)16/h1-6H,7H2,(H2,13,16). The van der Waals surface area contributed by atoms with Gasteiger partial charge in [-0.15, -0.1) is 0 Å². The Morgan fingerprint density at radius 3 is 2.69 bits per heavy atom. The molecule has 0 bridgehead atoms. The first kappa shape index (κ1) is 11.3. The molecular formula is C11H10BrN3S. The van der Waals surface area contributed by atoms with Crippen LogP contribution in [0.4, 0.5) is 0 Å². The monoisotopic (exact) mass is 295 g/mol. The van der Waals surface area contributed by atoms with Gasteiger partial charge in [-0.2, -0.15) is 0 Å².